The fourth-order valence-electron chi connectivity index (χ4n) is 4.71. The van der Waals surface area contributed by atoms with E-state index in [1.54, 1.807) is 19.9 Å². The van der Waals surface area contributed by atoms with E-state index in [2.05, 4.69) is 81.8 Å². The minimum Gasteiger partial charge on any atom is -0.464 e. The molecule has 1 aliphatic heterocycles. The van der Waals surface area contributed by atoms with Crippen molar-refractivity contribution >= 4 is 53.3 Å². The molecule has 3 amide bonds. The number of ether oxygens (including phenoxy) is 1. The van der Waals surface area contributed by atoms with Crippen LogP contribution in [-0.2, 0) is 34.6 Å². The molecule has 2 saturated carbocycles. The summed E-state index contributed by atoms with van der Waals surface area (Å²) in [5, 5.41) is 5.47. The Morgan fingerprint density at radius 2 is 1.65 bits per heavy atom. The lowest BCUT2D eigenvalue weighted by Crippen LogP contribution is -2.54. The highest BCUT2D eigenvalue weighted by Gasteiger charge is 2.61. The number of carbonyl (C=O) groups excluding carboxylic acids is 5. The number of hydrogen-bond acceptors (Lipinski definition) is 8. The van der Waals surface area contributed by atoms with Gasteiger partial charge in [-0.15, -0.1) is 68.0 Å². The Balaban J connectivity index is -0.000000399. The number of carbonyl (C=O) groups is 5. The molecule has 1 saturated heterocycles. The van der Waals surface area contributed by atoms with Crippen LogP contribution in [0.15, 0.2) is 41.8 Å². The number of hydrogen-bond donors (Lipinski definition) is 3. The zero-order valence-corrected chi connectivity index (χ0v) is 36.0. The number of amides is 3. The van der Waals surface area contributed by atoms with E-state index in [1.807, 2.05) is 38.1 Å². The van der Waals surface area contributed by atoms with Crippen LogP contribution in [0.25, 0.3) is 0 Å². The average Bonchev–Trinajstić information content (AvgIpc) is 4.11. The van der Waals surface area contributed by atoms with Crippen LogP contribution in [0.2, 0.25) is 0 Å². The molecule has 3 fully saturated rings. The first-order valence-electron chi connectivity index (χ1n) is 18.4. The Hall–Kier alpha value is -4.21. The highest BCUT2D eigenvalue weighted by atomic mass is 35.5. The number of esters is 1. The number of terminal acetylenes is 3. The number of nitrogens with two attached hydrogens (primary N) is 1. The lowest BCUT2D eigenvalue weighted by molar-refractivity contribution is -0.150. The summed E-state index contributed by atoms with van der Waals surface area (Å²) in [6.07, 6.45) is 27.4. The topological polar surface area (TPSA) is 148 Å². The highest BCUT2D eigenvalue weighted by Crippen LogP contribution is 2.45. The molecule has 1 aromatic carbocycles. The lowest BCUT2D eigenvalue weighted by Gasteiger charge is -2.26. The third-order valence-electron chi connectivity index (χ3n) is 7.19. The van der Waals surface area contributed by atoms with Crippen molar-refractivity contribution in [2.24, 2.45) is 23.5 Å². The summed E-state index contributed by atoms with van der Waals surface area (Å²) in [5.74, 6) is 3.16. The maximum absolute atomic E-state index is 12.8. The minimum atomic E-state index is -1.06. The smallest absolute Gasteiger partial charge is 0.332 e. The molecule has 4 rings (SSSR count). The van der Waals surface area contributed by atoms with Crippen LogP contribution < -0.4 is 16.4 Å². The molecule has 55 heavy (non-hydrogen) atoms. The molecule has 3 atom stereocenters. The van der Waals surface area contributed by atoms with Gasteiger partial charge in [-0.3, -0.25) is 14.4 Å². The SMILES string of the molecule is C#C.C#C.C#CC.C=CC1CC1(NC(=O)[C@@H]1CCCN1C(=O)CNC(=O)CC1CC1)C(=O)OCC.CC.CC(C)C.CN.O=CCSc1ccccc1CCl. The van der Waals surface area contributed by atoms with E-state index in [4.69, 9.17) is 16.3 Å². The van der Waals surface area contributed by atoms with Crippen LogP contribution in [0.3, 0.4) is 0 Å². The number of alkyl halides is 1. The van der Waals surface area contributed by atoms with Crippen LogP contribution in [0.4, 0.5) is 0 Å². The maximum atomic E-state index is 12.8. The van der Waals surface area contributed by atoms with Gasteiger partial charge in [0.15, 0.2) is 0 Å². The Labute approximate surface area is 342 Å². The monoisotopic (exact) mass is 802 g/mol. The van der Waals surface area contributed by atoms with E-state index in [0.717, 1.165) is 35.5 Å². The van der Waals surface area contributed by atoms with Gasteiger partial charge in [-0.05, 0) is 76.5 Å². The maximum Gasteiger partial charge on any atom is 0.332 e. The van der Waals surface area contributed by atoms with Crippen LogP contribution in [0.5, 0.6) is 0 Å². The van der Waals surface area contributed by atoms with Crippen molar-refractivity contribution < 1.29 is 28.7 Å². The molecule has 1 aromatic rings. The number of benzene rings is 1. The van der Waals surface area contributed by atoms with Crippen LogP contribution in [-0.4, -0.2) is 79.0 Å². The average molecular weight is 804 g/mol. The van der Waals surface area contributed by atoms with Crippen molar-refractivity contribution in [3.8, 4) is 38.0 Å². The number of likely N-dealkylation sites (tertiary alicyclic amines) is 1. The van der Waals surface area contributed by atoms with Crippen molar-refractivity contribution in [3.63, 3.8) is 0 Å². The minimum absolute atomic E-state index is 0.104. The van der Waals surface area contributed by atoms with Crippen LogP contribution >= 0.6 is 23.4 Å². The van der Waals surface area contributed by atoms with Gasteiger partial charge in [0.25, 0.3) is 0 Å². The molecular weight excluding hydrogens is 736 g/mol. The van der Waals surface area contributed by atoms with E-state index >= 15 is 0 Å². The van der Waals surface area contributed by atoms with E-state index in [0.29, 0.717) is 49.8 Å². The van der Waals surface area contributed by atoms with Crippen molar-refractivity contribution in [3.05, 3.63) is 42.5 Å². The van der Waals surface area contributed by atoms with Gasteiger partial charge in [0.1, 0.15) is 17.9 Å². The van der Waals surface area contributed by atoms with Gasteiger partial charge < -0.3 is 30.8 Å². The van der Waals surface area contributed by atoms with Crippen molar-refractivity contribution in [2.75, 3.05) is 32.5 Å². The van der Waals surface area contributed by atoms with Crippen molar-refractivity contribution in [1.29, 1.82) is 0 Å². The molecule has 12 heteroatoms. The second-order valence-corrected chi connectivity index (χ2v) is 13.5. The first-order valence-corrected chi connectivity index (χ1v) is 20.0. The normalized spacial score (nSPS) is 17.7. The summed E-state index contributed by atoms with van der Waals surface area (Å²) in [7, 11) is 1.50. The van der Waals surface area contributed by atoms with Gasteiger partial charge in [-0.1, -0.05) is 58.9 Å². The fourth-order valence-corrected chi connectivity index (χ4v) is 5.77. The molecule has 0 aromatic heterocycles. The molecule has 4 N–H and O–H groups in total. The quantitative estimate of drug-likeness (QED) is 0.0503. The molecule has 10 nitrogen and oxygen atoms in total. The van der Waals surface area contributed by atoms with Crippen molar-refractivity contribution in [1.82, 2.24) is 15.5 Å². The Kier molecular flexibility index (Phi) is 38.4. The van der Waals surface area contributed by atoms with Gasteiger partial charge in [-0.25, -0.2) is 4.79 Å². The Morgan fingerprint density at radius 3 is 2.11 bits per heavy atom. The van der Waals surface area contributed by atoms with Gasteiger partial charge in [0.2, 0.25) is 17.7 Å². The molecule has 0 bridgehead atoms. The fraction of sp³-hybridized carbons (Fsp3) is 0.558. The third-order valence-corrected chi connectivity index (χ3v) is 8.49. The van der Waals surface area contributed by atoms with E-state index < -0.39 is 17.6 Å². The van der Waals surface area contributed by atoms with Gasteiger partial charge in [-0.2, -0.15) is 0 Å². The van der Waals surface area contributed by atoms with Crippen molar-refractivity contribution in [2.45, 2.75) is 109 Å². The predicted octanol–water partition coefficient (Wildman–Crippen LogP) is 6.64. The van der Waals surface area contributed by atoms with E-state index in [-0.39, 0.29) is 36.8 Å². The largest absolute Gasteiger partial charge is 0.464 e. The summed E-state index contributed by atoms with van der Waals surface area (Å²) in [6, 6.07) is 7.21. The van der Waals surface area contributed by atoms with Gasteiger partial charge in [0.05, 0.1) is 18.9 Å². The number of thioether (sulfide) groups is 1. The number of nitrogens with one attached hydrogen (secondary N) is 2. The predicted molar refractivity (Wildman–Crippen MR) is 230 cm³/mol. The van der Waals surface area contributed by atoms with Gasteiger partial charge >= 0.3 is 5.97 Å². The van der Waals surface area contributed by atoms with Gasteiger partial charge in [0, 0.05) is 29.7 Å². The zero-order valence-electron chi connectivity index (χ0n) is 34.4. The first-order chi connectivity index (χ1) is 26.4. The molecule has 0 radical (unpaired) electrons. The molecule has 0 spiro atoms. The lowest BCUT2D eigenvalue weighted by atomic mass is 10.1. The summed E-state index contributed by atoms with van der Waals surface area (Å²) in [6.45, 7) is 18.2. The van der Waals surface area contributed by atoms with Crippen LogP contribution in [0, 0.1) is 55.8 Å². The first kappa shape index (κ1) is 57.5. The summed E-state index contributed by atoms with van der Waals surface area (Å²) in [5.41, 5.74) is 4.52. The second-order valence-electron chi connectivity index (χ2n) is 12.1. The number of aldehydes is 1. The summed E-state index contributed by atoms with van der Waals surface area (Å²) in [4.78, 5) is 62.2. The number of nitrogens with zero attached hydrogens (tertiary/aromatic N) is 1. The second kappa shape index (κ2) is 36.8. The Bertz CT molecular complexity index is 1320. The molecule has 2 unspecified atom stereocenters. The molecular formula is C43H67ClN4O6S. The van der Waals surface area contributed by atoms with E-state index in [1.165, 1.54) is 23.7 Å². The molecule has 2 aliphatic carbocycles. The highest BCUT2D eigenvalue weighted by molar-refractivity contribution is 8.00. The summed E-state index contributed by atoms with van der Waals surface area (Å²) >= 11 is 7.23. The zero-order chi connectivity index (χ0) is 43.4. The molecule has 1 heterocycles. The van der Waals surface area contributed by atoms with Crippen LogP contribution in [0.1, 0.15) is 92.6 Å². The molecule has 308 valence electrons. The third kappa shape index (κ3) is 24.7. The summed E-state index contributed by atoms with van der Waals surface area (Å²) < 4.78 is 5.11. The van der Waals surface area contributed by atoms with E-state index in [9.17, 15) is 24.0 Å². The number of rotatable bonds is 13. The standard InChI is InChI=1S/C20H29N3O5.C9H9ClOS.C4H10.C3H4.C2H6.2C2H2.CH5N/c1-3-14-11-20(14,19(27)28-4-2)22-18(26)15-6-5-9-23(15)17(25)12-21-16(24)10-13-7-8-13;10-7-8-3-1-2-4-9(8)12-6-5-11;1-4(2)3;1-3-2;4*1-2/h3,13-15H,1,4-12H2,2H3,(H,21,24)(H,22,26);1-5H,6-7H2;4H,1-3H3;1H,2H3;1-2H3;2*1-2H;2H2,1H3/t14?,15-,20?;;;;;;;/m0......./s1. The Morgan fingerprint density at radius 1 is 1.11 bits per heavy atom. The molecule has 3 aliphatic rings. The number of halogens is 1.